The second kappa shape index (κ2) is 8.83. The molecule has 4 nitrogen and oxygen atoms in total. The smallest absolute Gasteiger partial charge is 0.233 e. The van der Waals surface area contributed by atoms with Gasteiger partial charge < -0.3 is 4.90 Å². The molecule has 0 bridgehead atoms. The van der Waals surface area contributed by atoms with Crippen LogP contribution in [0.1, 0.15) is 23.2 Å². The molecule has 0 atom stereocenters. The summed E-state index contributed by atoms with van der Waals surface area (Å²) in [5.74, 6) is 0.770. The van der Waals surface area contributed by atoms with Crippen molar-refractivity contribution in [3.8, 4) is 0 Å². The zero-order chi connectivity index (χ0) is 17.6. The fourth-order valence-electron chi connectivity index (χ4n) is 2.92. The van der Waals surface area contributed by atoms with Gasteiger partial charge in [0.1, 0.15) is 0 Å². The average Bonchev–Trinajstić information content (AvgIpc) is 3.09. The Morgan fingerprint density at radius 1 is 1.24 bits per heavy atom. The van der Waals surface area contributed by atoms with Gasteiger partial charge in [-0.15, -0.1) is 23.1 Å². The Labute approximate surface area is 158 Å². The second-order valence-electron chi connectivity index (χ2n) is 6.30. The van der Waals surface area contributed by atoms with Crippen LogP contribution >= 0.6 is 23.1 Å². The quantitative estimate of drug-likeness (QED) is 0.725. The van der Waals surface area contributed by atoms with Crippen LogP contribution in [0.4, 0.5) is 0 Å². The van der Waals surface area contributed by atoms with Crippen molar-refractivity contribution >= 4 is 29.0 Å². The molecule has 0 N–H and O–H groups in total. The summed E-state index contributed by atoms with van der Waals surface area (Å²) in [5, 5.41) is 3.37. The van der Waals surface area contributed by atoms with Crippen LogP contribution in [0.5, 0.6) is 0 Å². The number of amides is 1. The molecule has 6 heteroatoms. The van der Waals surface area contributed by atoms with E-state index in [0.717, 1.165) is 44.8 Å². The second-order valence-corrected chi connectivity index (χ2v) is 8.26. The number of rotatable bonds is 6. The van der Waals surface area contributed by atoms with E-state index >= 15 is 0 Å². The number of nitrogens with zero attached hydrogens (tertiary/aromatic N) is 3. The minimum Gasteiger partial charge on any atom is -0.339 e. The first-order valence-corrected chi connectivity index (χ1v) is 10.6. The summed E-state index contributed by atoms with van der Waals surface area (Å²) in [6.45, 7) is 8.63. The number of hydrogen-bond acceptors (Lipinski definition) is 5. The lowest BCUT2D eigenvalue weighted by atomic mass is 10.2. The molecule has 2 aromatic rings. The van der Waals surface area contributed by atoms with Crippen molar-refractivity contribution in [2.75, 3.05) is 31.9 Å². The molecule has 1 aliphatic rings. The standard InChI is InChI=1S/C19H25N3OS2/c1-3-18-20-16(13-25-18)12-21-8-10-22(11-9-21)19(23)14-24-17-7-5-4-6-15(17)2/h4-7,13H,3,8-12,14H2,1-2H3. The van der Waals surface area contributed by atoms with Gasteiger partial charge >= 0.3 is 0 Å². The molecular weight excluding hydrogens is 350 g/mol. The Hall–Kier alpha value is -1.37. The normalized spacial score (nSPS) is 15.5. The number of thiazole rings is 1. The van der Waals surface area contributed by atoms with E-state index in [1.807, 2.05) is 17.0 Å². The Bertz CT molecular complexity index is 708. The maximum Gasteiger partial charge on any atom is 0.233 e. The summed E-state index contributed by atoms with van der Waals surface area (Å²) in [4.78, 5) is 22.7. The van der Waals surface area contributed by atoms with Crippen LogP contribution in [0.25, 0.3) is 0 Å². The van der Waals surface area contributed by atoms with Crippen molar-refractivity contribution in [2.24, 2.45) is 0 Å². The third kappa shape index (κ3) is 5.06. The summed E-state index contributed by atoms with van der Waals surface area (Å²) in [6.07, 6.45) is 1.01. The first-order valence-electron chi connectivity index (χ1n) is 8.77. The van der Waals surface area contributed by atoms with Gasteiger partial charge in [-0.2, -0.15) is 0 Å². The van der Waals surface area contributed by atoms with Crippen molar-refractivity contribution in [1.82, 2.24) is 14.8 Å². The van der Waals surface area contributed by atoms with Gasteiger partial charge in [-0.3, -0.25) is 9.69 Å². The summed E-state index contributed by atoms with van der Waals surface area (Å²) in [6, 6.07) is 8.24. The Kier molecular flexibility index (Phi) is 6.51. The van der Waals surface area contributed by atoms with E-state index in [1.54, 1.807) is 23.1 Å². The molecule has 0 aliphatic carbocycles. The molecular formula is C19H25N3OS2. The van der Waals surface area contributed by atoms with Gasteiger partial charge in [0.2, 0.25) is 5.91 Å². The maximum absolute atomic E-state index is 12.5. The van der Waals surface area contributed by atoms with Gasteiger partial charge in [-0.05, 0) is 25.0 Å². The Balaban J connectivity index is 1.43. The largest absolute Gasteiger partial charge is 0.339 e. The number of hydrogen-bond donors (Lipinski definition) is 0. The Morgan fingerprint density at radius 2 is 2.00 bits per heavy atom. The molecule has 25 heavy (non-hydrogen) atoms. The minimum absolute atomic E-state index is 0.245. The molecule has 134 valence electrons. The molecule has 0 saturated carbocycles. The molecule has 1 fully saturated rings. The lowest BCUT2D eigenvalue weighted by Gasteiger charge is -2.34. The number of carbonyl (C=O) groups is 1. The van der Waals surface area contributed by atoms with Crippen LogP contribution in [0.2, 0.25) is 0 Å². The predicted molar refractivity (Wildman–Crippen MR) is 105 cm³/mol. The highest BCUT2D eigenvalue weighted by molar-refractivity contribution is 8.00. The molecule has 1 aliphatic heterocycles. The van der Waals surface area contributed by atoms with E-state index in [2.05, 4.69) is 41.2 Å². The van der Waals surface area contributed by atoms with Gasteiger partial charge in [0.05, 0.1) is 16.5 Å². The average molecular weight is 376 g/mol. The monoisotopic (exact) mass is 375 g/mol. The van der Waals surface area contributed by atoms with Gasteiger partial charge in [-0.25, -0.2) is 4.98 Å². The topological polar surface area (TPSA) is 36.4 Å². The van der Waals surface area contributed by atoms with Crippen molar-refractivity contribution < 1.29 is 4.79 Å². The molecule has 0 radical (unpaired) electrons. The van der Waals surface area contributed by atoms with Crippen molar-refractivity contribution in [3.05, 3.63) is 45.9 Å². The molecule has 0 unspecified atom stereocenters. The summed E-state index contributed by atoms with van der Waals surface area (Å²) in [7, 11) is 0. The number of benzene rings is 1. The van der Waals surface area contributed by atoms with Crippen LogP contribution in [0, 0.1) is 6.92 Å². The van der Waals surface area contributed by atoms with Crippen LogP contribution in [-0.2, 0) is 17.8 Å². The van der Waals surface area contributed by atoms with Gasteiger partial charge in [0, 0.05) is 43.0 Å². The van der Waals surface area contributed by atoms with Crippen LogP contribution in [0.3, 0.4) is 0 Å². The first kappa shape index (κ1) is 18.4. The fourth-order valence-corrected chi connectivity index (χ4v) is 4.59. The van der Waals surface area contributed by atoms with Crippen molar-refractivity contribution in [2.45, 2.75) is 31.7 Å². The minimum atomic E-state index is 0.245. The van der Waals surface area contributed by atoms with Crippen LogP contribution < -0.4 is 0 Å². The third-order valence-electron chi connectivity index (χ3n) is 4.46. The maximum atomic E-state index is 12.5. The number of thioether (sulfide) groups is 1. The zero-order valence-electron chi connectivity index (χ0n) is 14.9. The summed E-state index contributed by atoms with van der Waals surface area (Å²) >= 11 is 3.39. The van der Waals surface area contributed by atoms with Gasteiger partial charge in [-0.1, -0.05) is 25.1 Å². The number of aromatic nitrogens is 1. The van der Waals surface area contributed by atoms with E-state index in [-0.39, 0.29) is 5.91 Å². The SMILES string of the molecule is CCc1nc(CN2CCN(C(=O)CSc3ccccc3C)CC2)cs1. The predicted octanol–water partition coefficient (Wildman–Crippen LogP) is 3.45. The van der Waals surface area contributed by atoms with Crippen molar-refractivity contribution in [3.63, 3.8) is 0 Å². The molecule has 1 amide bonds. The Morgan fingerprint density at radius 3 is 2.68 bits per heavy atom. The highest BCUT2D eigenvalue weighted by Crippen LogP contribution is 2.22. The molecule has 1 saturated heterocycles. The highest BCUT2D eigenvalue weighted by atomic mass is 32.2. The molecule has 2 heterocycles. The number of carbonyl (C=O) groups excluding carboxylic acids is 1. The highest BCUT2D eigenvalue weighted by Gasteiger charge is 2.21. The molecule has 1 aromatic heterocycles. The third-order valence-corrected chi connectivity index (χ3v) is 6.66. The van der Waals surface area contributed by atoms with Crippen LogP contribution in [-0.4, -0.2) is 52.6 Å². The molecule has 1 aromatic carbocycles. The van der Waals surface area contributed by atoms with E-state index in [0.29, 0.717) is 5.75 Å². The summed E-state index contributed by atoms with van der Waals surface area (Å²) < 4.78 is 0. The number of aryl methyl sites for hydroxylation is 2. The van der Waals surface area contributed by atoms with E-state index < -0.39 is 0 Å². The number of piperazine rings is 1. The van der Waals surface area contributed by atoms with Gasteiger partial charge in [0.25, 0.3) is 0 Å². The summed E-state index contributed by atoms with van der Waals surface area (Å²) in [5.41, 5.74) is 2.40. The van der Waals surface area contributed by atoms with Crippen LogP contribution in [0.15, 0.2) is 34.5 Å². The fraction of sp³-hybridized carbons (Fsp3) is 0.474. The lowest BCUT2D eigenvalue weighted by molar-refractivity contribution is -0.130. The lowest BCUT2D eigenvalue weighted by Crippen LogP contribution is -2.48. The molecule has 3 rings (SSSR count). The molecule has 0 spiro atoms. The van der Waals surface area contributed by atoms with E-state index in [1.165, 1.54) is 15.5 Å². The zero-order valence-corrected chi connectivity index (χ0v) is 16.5. The van der Waals surface area contributed by atoms with E-state index in [9.17, 15) is 4.79 Å². The van der Waals surface area contributed by atoms with E-state index in [4.69, 9.17) is 0 Å². The van der Waals surface area contributed by atoms with Gasteiger partial charge in [0.15, 0.2) is 0 Å². The van der Waals surface area contributed by atoms with Crippen molar-refractivity contribution in [1.29, 1.82) is 0 Å². The first-order chi connectivity index (χ1) is 12.2.